The molecular formula is C22H24FN3O4. The molecule has 1 heterocycles. The summed E-state index contributed by atoms with van der Waals surface area (Å²) in [4.78, 5) is 37.8. The maximum atomic E-state index is 13.4. The van der Waals surface area contributed by atoms with Crippen LogP contribution < -0.4 is 15.5 Å². The molecule has 2 aromatic carbocycles. The number of carbonyl (C=O) groups is 3. The van der Waals surface area contributed by atoms with Gasteiger partial charge in [0.15, 0.2) is 0 Å². The number of carbonyl (C=O) groups excluding carboxylic acids is 3. The number of anilines is 2. The minimum absolute atomic E-state index is 0.131. The summed E-state index contributed by atoms with van der Waals surface area (Å²) in [5, 5.41) is 5.42. The number of rotatable bonds is 7. The minimum Gasteiger partial charge on any atom is -0.462 e. The van der Waals surface area contributed by atoms with E-state index in [1.165, 1.54) is 23.1 Å². The average molecular weight is 413 g/mol. The van der Waals surface area contributed by atoms with Crippen LogP contribution in [0.15, 0.2) is 48.5 Å². The molecule has 0 spiro atoms. The summed E-state index contributed by atoms with van der Waals surface area (Å²) >= 11 is 0. The Bertz CT molecular complexity index is 917. The number of halogens is 1. The first kappa shape index (κ1) is 21.3. The maximum Gasteiger partial charge on any atom is 0.338 e. The third-order valence-electron chi connectivity index (χ3n) is 4.69. The lowest BCUT2D eigenvalue weighted by molar-refractivity contribution is -0.117. The van der Waals surface area contributed by atoms with Gasteiger partial charge < -0.3 is 20.3 Å². The van der Waals surface area contributed by atoms with E-state index in [4.69, 9.17) is 4.74 Å². The highest BCUT2D eigenvalue weighted by Gasteiger charge is 2.31. The molecule has 8 heteroatoms. The molecule has 1 atom stereocenters. The molecule has 1 unspecified atom stereocenters. The van der Waals surface area contributed by atoms with Gasteiger partial charge in [-0.3, -0.25) is 4.79 Å². The van der Waals surface area contributed by atoms with Gasteiger partial charge in [0.2, 0.25) is 5.91 Å². The summed E-state index contributed by atoms with van der Waals surface area (Å²) in [5.74, 6) is -1.01. The summed E-state index contributed by atoms with van der Waals surface area (Å²) in [7, 11) is 0. The number of ether oxygens (including phenoxy) is 1. The smallest absolute Gasteiger partial charge is 0.338 e. The van der Waals surface area contributed by atoms with E-state index in [1.54, 1.807) is 30.3 Å². The Balaban J connectivity index is 1.51. The van der Waals surface area contributed by atoms with Crippen molar-refractivity contribution < 1.29 is 23.5 Å². The van der Waals surface area contributed by atoms with E-state index in [1.807, 2.05) is 6.92 Å². The van der Waals surface area contributed by atoms with E-state index in [2.05, 4.69) is 10.6 Å². The van der Waals surface area contributed by atoms with E-state index in [-0.39, 0.29) is 18.9 Å². The second-order valence-electron chi connectivity index (χ2n) is 7.05. The summed E-state index contributed by atoms with van der Waals surface area (Å²) < 4.78 is 18.5. The van der Waals surface area contributed by atoms with Crippen molar-refractivity contribution in [1.29, 1.82) is 0 Å². The van der Waals surface area contributed by atoms with Crippen LogP contribution in [0.5, 0.6) is 0 Å². The molecule has 30 heavy (non-hydrogen) atoms. The number of unbranched alkanes of at least 4 members (excludes halogenated alkanes) is 1. The van der Waals surface area contributed by atoms with Crippen LogP contribution in [-0.2, 0) is 9.53 Å². The van der Waals surface area contributed by atoms with Crippen molar-refractivity contribution in [2.75, 3.05) is 23.4 Å². The first-order chi connectivity index (χ1) is 14.5. The fourth-order valence-corrected chi connectivity index (χ4v) is 3.13. The highest BCUT2D eigenvalue weighted by molar-refractivity contribution is 5.98. The van der Waals surface area contributed by atoms with Gasteiger partial charge in [-0.25, -0.2) is 14.0 Å². The summed E-state index contributed by atoms with van der Waals surface area (Å²) in [5.41, 5.74) is 1.37. The lowest BCUT2D eigenvalue weighted by atomic mass is 10.2. The summed E-state index contributed by atoms with van der Waals surface area (Å²) in [6.07, 6.45) is 1.89. The Hall–Kier alpha value is -3.42. The van der Waals surface area contributed by atoms with Crippen LogP contribution in [0.3, 0.4) is 0 Å². The number of hydrogen-bond acceptors (Lipinski definition) is 4. The van der Waals surface area contributed by atoms with Crippen molar-refractivity contribution in [3.8, 4) is 0 Å². The van der Waals surface area contributed by atoms with Crippen LogP contribution in [0.2, 0.25) is 0 Å². The second-order valence-corrected chi connectivity index (χ2v) is 7.05. The Morgan fingerprint density at radius 3 is 2.67 bits per heavy atom. The molecule has 2 aromatic rings. The molecule has 0 saturated carbocycles. The van der Waals surface area contributed by atoms with Gasteiger partial charge in [-0.2, -0.15) is 0 Å². The highest BCUT2D eigenvalue weighted by Crippen LogP contribution is 2.22. The van der Waals surface area contributed by atoms with Crippen LogP contribution in [0, 0.1) is 5.82 Å². The van der Waals surface area contributed by atoms with Crippen molar-refractivity contribution in [1.82, 2.24) is 5.32 Å². The first-order valence-corrected chi connectivity index (χ1v) is 9.87. The predicted octanol–water partition coefficient (Wildman–Crippen LogP) is 3.71. The Morgan fingerprint density at radius 1 is 1.20 bits per heavy atom. The maximum absolute atomic E-state index is 13.4. The first-order valence-electron chi connectivity index (χ1n) is 9.87. The molecule has 3 rings (SSSR count). The molecule has 2 N–H and O–H groups in total. The van der Waals surface area contributed by atoms with Crippen molar-refractivity contribution in [3.05, 3.63) is 59.9 Å². The molecule has 1 saturated heterocycles. The van der Waals surface area contributed by atoms with E-state index in [9.17, 15) is 18.8 Å². The molecule has 1 fully saturated rings. The van der Waals surface area contributed by atoms with Gasteiger partial charge in [-0.1, -0.05) is 19.4 Å². The zero-order valence-electron chi connectivity index (χ0n) is 16.7. The molecule has 0 aliphatic carbocycles. The van der Waals surface area contributed by atoms with Crippen molar-refractivity contribution in [3.63, 3.8) is 0 Å². The van der Waals surface area contributed by atoms with Crippen LogP contribution in [0.1, 0.15) is 36.5 Å². The Morgan fingerprint density at radius 2 is 1.97 bits per heavy atom. The number of esters is 1. The molecule has 158 valence electrons. The SMILES string of the molecule is CCCCOC(=O)c1ccc(NC(=O)NC2CC(=O)N(c3cccc(F)c3)C2)cc1. The topological polar surface area (TPSA) is 87.7 Å². The molecule has 1 aliphatic rings. The van der Waals surface area contributed by atoms with Gasteiger partial charge in [-0.15, -0.1) is 0 Å². The molecule has 1 aliphatic heterocycles. The Labute approximate surface area is 174 Å². The summed E-state index contributed by atoms with van der Waals surface area (Å²) in [6, 6.07) is 11.3. The van der Waals surface area contributed by atoms with E-state index in [0.29, 0.717) is 23.5 Å². The molecule has 0 bridgehead atoms. The lowest BCUT2D eigenvalue weighted by Crippen LogP contribution is -2.39. The fraction of sp³-hybridized carbons (Fsp3) is 0.318. The zero-order chi connectivity index (χ0) is 21.5. The predicted molar refractivity (Wildman–Crippen MR) is 111 cm³/mol. The average Bonchev–Trinajstić information content (AvgIpc) is 3.08. The van der Waals surface area contributed by atoms with Gasteiger partial charge in [0.05, 0.1) is 18.2 Å². The standard InChI is InChI=1S/C22H24FN3O4/c1-2-3-11-30-21(28)15-7-9-17(10-8-15)24-22(29)25-18-13-20(27)26(14-18)19-6-4-5-16(23)12-19/h4-10,12,18H,2-3,11,13-14H2,1H3,(H2,24,25,29). The van der Waals surface area contributed by atoms with Crippen LogP contribution in [0.4, 0.5) is 20.6 Å². The van der Waals surface area contributed by atoms with Crippen molar-refractivity contribution >= 4 is 29.3 Å². The third kappa shape index (κ3) is 5.56. The fourth-order valence-electron chi connectivity index (χ4n) is 3.13. The van der Waals surface area contributed by atoms with Crippen LogP contribution in [-0.4, -0.2) is 37.1 Å². The highest BCUT2D eigenvalue weighted by atomic mass is 19.1. The van der Waals surface area contributed by atoms with Gasteiger partial charge >= 0.3 is 12.0 Å². The zero-order valence-corrected chi connectivity index (χ0v) is 16.7. The van der Waals surface area contributed by atoms with Gasteiger partial charge in [0.25, 0.3) is 0 Å². The number of amides is 3. The molecule has 0 radical (unpaired) electrons. The number of benzene rings is 2. The van der Waals surface area contributed by atoms with Gasteiger partial charge in [0, 0.05) is 24.3 Å². The molecular weight excluding hydrogens is 389 g/mol. The largest absolute Gasteiger partial charge is 0.462 e. The van der Waals surface area contributed by atoms with Crippen LogP contribution in [0.25, 0.3) is 0 Å². The third-order valence-corrected chi connectivity index (χ3v) is 4.69. The monoisotopic (exact) mass is 413 g/mol. The van der Waals surface area contributed by atoms with Crippen LogP contribution >= 0.6 is 0 Å². The summed E-state index contributed by atoms with van der Waals surface area (Å²) in [6.45, 7) is 2.66. The quantitative estimate of drug-likeness (QED) is 0.535. The number of urea groups is 1. The molecule has 0 aromatic heterocycles. The van der Waals surface area contributed by atoms with Crippen molar-refractivity contribution in [2.24, 2.45) is 0 Å². The van der Waals surface area contributed by atoms with Gasteiger partial charge in [-0.05, 0) is 48.9 Å². The number of nitrogens with zero attached hydrogens (tertiary/aromatic N) is 1. The van der Waals surface area contributed by atoms with E-state index < -0.39 is 23.9 Å². The van der Waals surface area contributed by atoms with Gasteiger partial charge in [0.1, 0.15) is 5.82 Å². The van der Waals surface area contributed by atoms with E-state index >= 15 is 0 Å². The molecule has 7 nitrogen and oxygen atoms in total. The van der Waals surface area contributed by atoms with Crippen molar-refractivity contribution in [2.45, 2.75) is 32.2 Å². The Kier molecular flexibility index (Phi) is 7.00. The number of nitrogens with one attached hydrogen (secondary N) is 2. The van der Waals surface area contributed by atoms with E-state index in [0.717, 1.165) is 12.8 Å². The number of hydrogen-bond donors (Lipinski definition) is 2. The normalized spacial score (nSPS) is 15.7. The minimum atomic E-state index is -0.466. The second kappa shape index (κ2) is 9.87. The lowest BCUT2D eigenvalue weighted by Gasteiger charge is -2.17. The molecule has 3 amide bonds.